The highest BCUT2D eigenvalue weighted by Crippen LogP contribution is 2.28. The summed E-state index contributed by atoms with van der Waals surface area (Å²) in [5, 5.41) is 0. The highest BCUT2D eigenvalue weighted by Gasteiger charge is 2.42. The molecule has 0 spiro atoms. The van der Waals surface area contributed by atoms with E-state index in [0.29, 0.717) is 26.2 Å². The van der Waals surface area contributed by atoms with Gasteiger partial charge in [-0.3, -0.25) is 14.5 Å². The van der Waals surface area contributed by atoms with Gasteiger partial charge in [0, 0.05) is 26.2 Å². The van der Waals surface area contributed by atoms with Gasteiger partial charge in [0.25, 0.3) is 6.43 Å². The molecule has 2 rings (SSSR count). The summed E-state index contributed by atoms with van der Waals surface area (Å²) in [5.41, 5.74) is -1.67. The minimum absolute atomic E-state index is 0.0697. The fourth-order valence-corrected chi connectivity index (χ4v) is 3.06. The monoisotopic (exact) mass is 317 g/mol. The van der Waals surface area contributed by atoms with Crippen molar-refractivity contribution in [2.24, 2.45) is 5.41 Å². The lowest BCUT2D eigenvalue weighted by Crippen LogP contribution is -2.56. The van der Waals surface area contributed by atoms with Crippen LogP contribution in [0.5, 0.6) is 0 Å². The van der Waals surface area contributed by atoms with E-state index < -0.39 is 17.7 Å². The molecule has 22 heavy (non-hydrogen) atoms. The summed E-state index contributed by atoms with van der Waals surface area (Å²) in [4.78, 5) is 29.9. The summed E-state index contributed by atoms with van der Waals surface area (Å²) in [5.74, 6) is -0.437. The van der Waals surface area contributed by atoms with Gasteiger partial charge in [0.2, 0.25) is 11.8 Å². The Kier molecular flexibility index (Phi) is 5.04. The second kappa shape index (κ2) is 6.48. The second-order valence-electron chi connectivity index (χ2n) is 6.78. The van der Waals surface area contributed by atoms with Gasteiger partial charge in [-0.05, 0) is 40.3 Å². The molecule has 1 unspecified atom stereocenters. The van der Waals surface area contributed by atoms with Gasteiger partial charge in [-0.15, -0.1) is 0 Å². The van der Waals surface area contributed by atoms with Gasteiger partial charge in [0.1, 0.15) is 5.41 Å². The quantitative estimate of drug-likeness (QED) is 0.781. The van der Waals surface area contributed by atoms with Crippen LogP contribution in [0.15, 0.2) is 0 Å². The van der Waals surface area contributed by atoms with Crippen LogP contribution in [0, 0.1) is 5.41 Å². The Morgan fingerprint density at radius 1 is 1.05 bits per heavy atom. The SMILES string of the molecule is CN1CCCC1C(=O)N1CCN(C(=O)C(C)(C)C(F)F)CC1. The largest absolute Gasteiger partial charge is 0.339 e. The zero-order chi connectivity index (χ0) is 16.5. The summed E-state index contributed by atoms with van der Waals surface area (Å²) in [6.45, 7) is 4.98. The maximum atomic E-state index is 13.0. The van der Waals surface area contributed by atoms with Crippen molar-refractivity contribution in [3.8, 4) is 0 Å². The van der Waals surface area contributed by atoms with Crippen molar-refractivity contribution >= 4 is 11.8 Å². The van der Waals surface area contributed by atoms with Crippen LogP contribution in [0.25, 0.3) is 0 Å². The van der Waals surface area contributed by atoms with Crippen molar-refractivity contribution in [1.82, 2.24) is 14.7 Å². The van der Waals surface area contributed by atoms with E-state index in [2.05, 4.69) is 4.90 Å². The van der Waals surface area contributed by atoms with Gasteiger partial charge in [-0.1, -0.05) is 0 Å². The van der Waals surface area contributed by atoms with Crippen LogP contribution in [0.2, 0.25) is 0 Å². The number of nitrogens with zero attached hydrogens (tertiary/aromatic N) is 3. The Balaban J connectivity index is 1.90. The number of likely N-dealkylation sites (tertiary alicyclic amines) is 1. The fraction of sp³-hybridized carbons (Fsp3) is 0.867. The Hall–Kier alpha value is -1.24. The molecule has 5 nitrogen and oxygen atoms in total. The third kappa shape index (κ3) is 3.24. The lowest BCUT2D eigenvalue weighted by atomic mass is 9.92. The predicted octanol–water partition coefficient (Wildman–Crippen LogP) is 1.04. The summed E-state index contributed by atoms with van der Waals surface area (Å²) in [6.07, 6.45) is -0.798. The van der Waals surface area contributed by atoms with Crippen molar-refractivity contribution < 1.29 is 18.4 Å². The first-order chi connectivity index (χ1) is 10.2. The number of hydrogen-bond acceptors (Lipinski definition) is 3. The summed E-state index contributed by atoms with van der Waals surface area (Å²) in [6, 6.07) is -0.0697. The van der Waals surface area contributed by atoms with E-state index in [1.807, 2.05) is 7.05 Å². The lowest BCUT2D eigenvalue weighted by molar-refractivity contribution is -0.153. The highest BCUT2D eigenvalue weighted by atomic mass is 19.3. The standard InChI is InChI=1S/C15H25F2N3O2/c1-15(2,13(16)17)14(22)20-9-7-19(8-10-20)12(21)11-5-4-6-18(11)3/h11,13H,4-10H2,1-3H3. The first-order valence-corrected chi connectivity index (χ1v) is 7.81. The topological polar surface area (TPSA) is 43.9 Å². The van der Waals surface area contributed by atoms with E-state index in [-0.39, 0.29) is 11.9 Å². The summed E-state index contributed by atoms with van der Waals surface area (Å²) in [7, 11) is 1.94. The number of amides is 2. The molecule has 0 aliphatic carbocycles. The summed E-state index contributed by atoms with van der Waals surface area (Å²) >= 11 is 0. The number of hydrogen-bond donors (Lipinski definition) is 0. The number of likely N-dealkylation sites (N-methyl/N-ethyl adjacent to an activating group) is 1. The van der Waals surface area contributed by atoms with Crippen LogP contribution in [0.3, 0.4) is 0 Å². The van der Waals surface area contributed by atoms with Gasteiger partial charge < -0.3 is 9.80 Å². The Labute approximate surface area is 130 Å². The summed E-state index contributed by atoms with van der Waals surface area (Å²) < 4.78 is 25.9. The molecule has 2 heterocycles. The number of piperazine rings is 1. The van der Waals surface area contributed by atoms with Crippen LogP contribution >= 0.6 is 0 Å². The molecule has 2 saturated heterocycles. The lowest BCUT2D eigenvalue weighted by Gasteiger charge is -2.39. The van der Waals surface area contributed by atoms with Crippen molar-refractivity contribution in [2.45, 2.75) is 39.2 Å². The Bertz CT molecular complexity index is 435. The molecule has 0 aromatic rings. The molecular weight excluding hydrogens is 292 g/mol. The number of halogens is 2. The first-order valence-electron chi connectivity index (χ1n) is 7.81. The maximum absolute atomic E-state index is 13.0. The minimum atomic E-state index is -2.69. The fourth-order valence-electron chi connectivity index (χ4n) is 3.06. The van der Waals surface area contributed by atoms with E-state index in [0.717, 1.165) is 19.4 Å². The second-order valence-corrected chi connectivity index (χ2v) is 6.78. The Morgan fingerprint density at radius 3 is 2.05 bits per heavy atom. The third-order valence-corrected chi connectivity index (χ3v) is 4.78. The minimum Gasteiger partial charge on any atom is -0.339 e. The molecule has 126 valence electrons. The predicted molar refractivity (Wildman–Crippen MR) is 78.6 cm³/mol. The number of carbonyl (C=O) groups is 2. The molecular formula is C15H25F2N3O2. The molecule has 0 radical (unpaired) electrons. The third-order valence-electron chi connectivity index (χ3n) is 4.78. The van der Waals surface area contributed by atoms with Crippen molar-refractivity contribution in [3.05, 3.63) is 0 Å². The van der Waals surface area contributed by atoms with Crippen molar-refractivity contribution in [2.75, 3.05) is 39.8 Å². The molecule has 2 aliphatic rings. The molecule has 2 aliphatic heterocycles. The molecule has 7 heteroatoms. The molecule has 0 saturated carbocycles. The van der Waals surface area contributed by atoms with Crippen LogP contribution in [0.1, 0.15) is 26.7 Å². The molecule has 0 aromatic carbocycles. The van der Waals surface area contributed by atoms with E-state index >= 15 is 0 Å². The van der Waals surface area contributed by atoms with Gasteiger partial charge >= 0.3 is 0 Å². The molecule has 0 aromatic heterocycles. The Morgan fingerprint density at radius 2 is 1.59 bits per heavy atom. The molecule has 0 bridgehead atoms. The number of carbonyl (C=O) groups excluding carboxylic acids is 2. The normalized spacial score (nSPS) is 24.2. The van der Waals surface area contributed by atoms with E-state index in [1.165, 1.54) is 18.7 Å². The van der Waals surface area contributed by atoms with Gasteiger partial charge in [0.05, 0.1) is 6.04 Å². The molecule has 0 N–H and O–H groups in total. The molecule has 2 amide bonds. The zero-order valence-corrected chi connectivity index (χ0v) is 13.5. The van der Waals surface area contributed by atoms with Crippen molar-refractivity contribution in [3.63, 3.8) is 0 Å². The zero-order valence-electron chi connectivity index (χ0n) is 13.5. The average molecular weight is 317 g/mol. The smallest absolute Gasteiger partial charge is 0.252 e. The number of rotatable bonds is 3. The maximum Gasteiger partial charge on any atom is 0.252 e. The highest BCUT2D eigenvalue weighted by molar-refractivity contribution is 5.84. The van der Waals surface area contributed by atoms with Gasteiger partial charge in [-0.25, -0.2) is 8.78 Å². The molecule has 1 atom stereocenters. The first kappa shape index (κ1) is 17.1. The average Bonchev–Trinajstić information content (AvgIpc) is 2.91. The molecule has 2 fully saturated rings. The van der Waals surface area contributed by atoms with Crippen LogP contribution in [-0.4, -0.2) is 78.8 Å². The van der Waals surface area contributed by atoms with Crippen LogP contribution in [-0.2, 0) is 9.59 Å². The number of alkyl halides is 2. The van der Waals surface area contributed by atoms with Crippen LogP contribution in [0.4, 0.5) is 8.78 Å². The van der Waals surface area contributed by atoms with E-state index in [4.69, 9.17) is 0 Å². The van der Waals surface area contributed by atoms with E-state index in [9.17, 15) is 18.4 Å². The van der Waals surface area contributed by atoms with Crippen LogP contribution < -0.4 is 0 Å². The van der Waals surface area contributed by atoms with Crippen molar-refractivity contribution in [1.29, 1.82) is 0 Å². The van der Waals surface area contributed by atoms with Gasteiger partial charge in [0.15, 0.2) is 0 Å². The van der Waals surface area contributed by atoms with Gasteiger partial charge in [-0.2, -0.15) is 0 Å². The van der Waals surface area contributed by atoms with E-state index in [1.54, 1.807) is 4.90 Å².